The molecule has 0 aliphatic carbocycles. The second kappa shape index (κ2) is 7.59. The van der Waals surface area contributed by atoms with Crippen LogP contribution in [0.1, 0.15) is 15.9 Å². The van der Waals surface area contributed by atoms with Crippen molar-refractivity contribution in [3.05, 3.63) is 59.8 Å². The van der Waals surface area contributed by atoms with Crippen molar-refractivity contribution in [3.63, 3.8) is 0 Å². The summed E-state index contributed by atoms with van der Waals surface area (Å²) in [6.07, 6.45) is 3.77. The lowest BCUT2D eigenvalue weighted by Gasteiger charge is -2.28. The number of rotatable bonds is 4. The zero-order valence-corrected chi connectivity index (χ0v) is 13.7. The summed E-state index contributed by atoms with van der Waals surface area (Å²) >= 11 is 0. The highest BCUT2D eigenvalue weighted by atomic mass is 16.5. The van der Waals surface area contributed by atoms with Crippen LogP contribution in [0.25, 0.3) is 0 Å². The number of anilines is 1. The van der Waals surface area contributed by atoms with E-state index in [9.17, 15) is 4.79 Å². The van der Waals surface area contributed by atoms with E-state index in [0.717, 1.165) is 37.6 Å². The number of methoxy groups -OCH3 is 1. The SMILES string of the molecule is COC(=O)c1ccc(/C=N/N2CCN(c3cccc[nH+]3)CC2)cc1. The first-order valence-electron chi connectivity index (χ1n) is 7.95. The predicted molar refractivity (Wildman–Crippen MR) is 92.2 cm³/mol. The average molecular weight is 325 g/mol. The molecule has 0 saturated carbocycles. The van der Waals surface area contributed by atoms with Gasteiger partial charge in [0, 0.05) is 6.07 Å². The van der Waals surface area contributed by atoms with Crippen LogP contribution in [-0.2, 0) is 4.74 Å². The Morgan fingerprint density at radius 3 is 2.50 bits per heavy atom. The standard InChI is InChI=1S/C18H20N4O2/c1-24-18(23)16-7-5-15(6-8-16)14-20-22-12-10-21(11-13-22)17-4-2-3-9-19-17/h2-9,14H,10-13H2,1H3/p+1/b20-14+. The maximum Gasteiger partial charge on any atom is 0.337 e. The molecule has 0 atom stereocenters. The molecule has 124 valence electrons. The van der Waals surface area contributed by atoms with E-state index < -0.39 is 0 Å². The summed E-state index contributed by atoms with van der Waals surface area (Å²) in [5, 5.41) is 6.59. The van der Waals surface area contributed by atoms with E-state index in [4.69, 9.17) is 0 Å². The second-order valence-electron chi connectivity index (χ2n) is 5.55. The molecule has 1 N–H and O–H groups in total. The van der Waals surface area contributed by atoms with E-state index in [1.807, 2.05) is 36.7 Å². The van der Waals surface area contributed by atoms with Gasteiger partial charge in [-0.05, 0) is 23.8 Å². The minimum atomic E-state index is -0.327. The van der Waals surface area contributed by atoms with E-state index in [1.54, 1.807) is 12.1 Å². The summed E-state index contributed by atoms with van der Waals surface area (Å²) in [7, 11) is 1.38. The number of carbonyl (C=O) groups excluding carboxylic acids is 1. The summed E-state index contributed by atoms with van der Waals surface area (Å²) < 4.78 is 4.69. The molecule has 1 aliphatic heterocycles. The number of hydrogen-bond donors (Lipinski definition) is 0. The number of hydrogen-bond acceptors (Lipinski definition) is 5. The fraction of sp³-hybridized carbons (Fsp3) is 0.278. The summed E-state index contributed by atoms with van der Waals surface area (Å²) in [4.78, 5) is 17.0. The van der Waals surface area contributed by atoms with Gasteiger partial charge in [0.15, 0.2) is 0 Å². The van der Waals surface area contributed by atoms with Crippen LogP contribution in [0.4, 0.5) is 5.82 Å². The fourth-order valence-corrected chi connectivity index (χ4v) is 2.60. The highest BCUT2D eigenvalue weighted by Gasteiger charge is 2.21. The second-order valence-corrected chi connectivity index (χ2v) is 5.55. The maximum atomic E-state index is 11.4. The maximum absolute atomic E-state index is 11.4. The zero-order chi connectivity index (χ0) is 16.8. The molecule has 1 saturated heterocycles. The van der Waals surface area contributed by atoms with Gasteiger partial charge >= 0.3 is 5.97 Å². The van der Waals surface area contributed by atoms with Crippen molar-refractivity contribution in [2.75, 3.05) is 38.2 Å². The van der Waals surface area contributed by atoms with Crippen molar-refractivity contribution < 1.29 is 14.5 Å². The molecule has 3 rings (SSSR count). The van der Waals surface area contributed by atoms with Crippen molar-refractivity contribution in [1.29, 1.82) is 0 Å². The smallest absolute Gasteiger partial charge is 0.337 e. The molecule has 2 heterocycles. The van der Waals surface area contributed by atoms with Crippen LogP contribution >= 0.6 is 0 Å². The number of carbonyl (C=O) groups is 1. The quantitative estimate of drug-likeness (QED) is 0.630. The van der Waals surface area contributed by atoms with Gasteiger partial charge in [0.25, 0.3) is 5.82 Å². The lowest BCUT2D eigenvalue weighted by molar-refractivity contribution is -0.364. The topological polar surface area (TPSA) is 59.3 Å². The molecule has 1 fully saturated rings. The first kappa shape index (κ1) is 16.0. The van der Waals surface area contributed by atoms with Crippen LogP contribution in [0.3, 0.4) is 0 Å². The number of H-pyrrole nitrogens is 1. The van der Waals surface area contributed by atoms with Gasteiger partial charge in [0.05, 0.1) is 38.2 Å². The monoisotopic (exact) mass is 325 g/mol. The third-order valence-electron chi connectivity index (χ3n) is 3.99. The first-order chi connectivity index (χ1) is 11.8. The number of pyridine rings is 1. The third-order valence-corrected chi connectivity index (χ3v) is 3.99. The van der Waals surface area contributed by atoms with Gasteiger partial charge in [-0.1, -0.05) is 18.2 Å². The highest BCUT2D eigenvalue weighted by Crippen LogP contribution is 2.10. The van der Waals surface area contributed by atoms with Gasteiger partial charge in [-0.25, -0.2) is 9.78 Å². The van der Waals surface area contributed by atoms with Crippen LogP contribution in [0, 0.1) is 0 Å². The van der Waals surface area contributed by atoms with Gasteiger partial charge in [-0.2, -0.15) is 5.10 Å². The van der Waals surface area contributed by atoms with E-state index >= 15 is 0 Å². The molecule has 0 unspecified atom stereocenters. The number of nitrogens with zero attached hydrogens (tertiary/aromatic N) is 3. The molecule has 1 aromatic heterocycles. The molecule has 0 spiro atoms. The Kier molecular flexibility index (Phi) is 5.05. The Morgan fingerprint density at radius 1 is 1.12 bits per heavy atom. The normalized spacial score (nSPS) is 14.9. The largest absolute Gasteiger partial charge is 0.465 e. The molecule has 0 radical (unpaired) electrons. The first-order valence-corrected chi connectivity index (χ1v) is 7.95. The lowest BCUT2D eigenvalue weighted by Crippen LogP contribution is -2.45. The summed E-state index contributed by atoms with van der Waals surface area (Å²) in [5.74, 6) is 0.812. The minimum absolute atomic E-state index is 0.327. The predicted octanol–water partition coefficient (Wildman–Crippen LogP) is 1.44. The number of benzene rings is 1. The van der Waals surface area contributed by atoms with E-state index in [0.29, 0.717) is 5.56 Å². The van der Waals surface area contributed by atoms with Crippen molar-refractivity contribution in [3.8, 4) is 0 Å². The number of aromatic nitrogens is 1. The van der Waals surface area contributed by atoms with E-state index in [-0.39, 0.29) is 5.97 Å². The minimum Gasteiger partial charge on any atom is -0.465 e. The third kappa shape index (κ3) is 3.90. The van der Waals surface area contributed by atoms with Crippen molar-refractivity contribution in [2.45, 2.75) is 0 Å². The Bertz CT molecular complexity index is 693. The van der Waals surface area contributed by atoms with Gasteiger partial charge in [0.2, 0.25) is 0 Å². The summed E-state index contributed by atoms with van der Waals surface area (Å²) in [5.41, 5.74) is 1.50. The number of ether oxygens (including phenoxy) is 1. The molecule has 0 amide bonds. The molecule has 6 nitrogen and oxygen atoms in total. The Morgan fingerprint density at radius 2 is 1.88 bits per heavy atom. The summed E-state index contributed by atoms with van der Waals surface area (Å²) in [6.45, 7) is 3.61. The highest BCUT2D eigenvalue weighted by molar-refractivity contribution is 5.90. The van der Waals surface area contributed by atoms with Crippen LogP contribution in [0.15, 0.2) is 53.8 Å². The molecule has 24 heavy (non-hydrogen) atoms. The number of piperazine rings is 1. The molecule has 6 heteroatoms. The number of nitrogens with one attached hydrogen (secondary N) is 1. The Hall–Kier alpha value is -2.89. The van der Waals surface area contributed by atoms with Crippen LogP contribution in [0.2, 0.25) is 0 Å². The van der Waals surface area contributed by atoms with Gasteiger partial charge in [0.1, 0.15) is 13.1 Å². The van der Waals surface area contributed by atoms with Crippen molar-refractivity contribution in [2.24, 2.45) is 5.10 Å². The molecule has 0 bridgehead atoms. The molecule has 2 aromatic rings. The van der Waals surface area contributed by atoms with E-state index in [2.05, 4.69) is 30.8 Å². The molecule has 1 aromatic carbocycles. The van der Waals surface area contributed by atoms with Crippen LogP contribution in [0.5, 0.6) is 0 Å². The molecular weight excluding hydrogens is 304 g/mol. The number of hydrazone groups is 1. The lowest BCUT2D eigenvalue weighted by atomic mass is 10.1. The fourth-order valence-electron chi connectivity index (χ4n) is 2.60. The average Bonchev–Trinajstić information content (AvgIpc) is 2.67. The number of aromatic amines is 1. The zero-order valence-electron chi connectivity index (χ0n) is 13.7. The van der Waals surface area contributed by atoms with Crippen molar-refractivity contribution in [1.82, 2.24) is 5.01 Å². The van der Waals surface area contributed by atoms with Crippen LogP contribution < -0.4 is 9.88 Å². The molecular formula is C18H21N4O2+. The van der Waals surface area contributed by atoms with Crippen molar-refractivity contribution >= 4 is 18.0 Å². The Labute approximate surface area is 141 Å². The number of esters is 1. The van der Waals surface area contributed by atoms with Crippen LogP contribution in [-0.4, -0.2) is 50.5 Å². The van der Waals surface area contributed by atoms with E-state index in [1.165, 1.54) is 7.11 Å². The summed E-state index contributed by atoms with van der Waals surface area (Å²) in [6, 6.07) is 13.3. The molecule has 1 aliphatic rings. The van der Waals surface area contributed by atoms with Gasteiger partial charge in [-0.15, -0.1) is 0 Å². The van der Waals surface area contributed by atoms with Gasteiger partial charge in [-0.3, -0.25) is 9.91 Å². The van der Waals surface area contributed by atoms with Gasteiger partial charge < -0.3 is 4.74 Å². The Balaban J connectivity index is 1.54.